The number of carbonyl (C=O) groups is 2. The van der Waals surface area contributed by atoms with E-state index >= 15 is 35.1 Å². The van der Waals surface area contributed by atoms with Crippen molar-refractivity contribution in [1.29, 1.82) is 0 Å². The first-order valence-electron chi connectivity index (χ1n) is 17.6. The van der Waals surface area contributed by atoms with Crippen LogP contribution < -0.4 is 26.4 Å². The molecule has 6 aromatic carbocycles. The maximum atomic E-state index is 15.4. The maximum absolute atomic E-state index is 15.4. The molecule has 7 rings (SSSR count). The number of Topliss-reactive ketones (excluding diaryl/α,β-unsaturated/α-hetero) is 2. The number of halogens is 20. The fraction of sp³-hybridized carbons (Fsp3) is 0.0488. The first-order chi connectivity index (χ1) is 30.9. The van der Waals surface area contributed by atoms with Crippen LogP contribution in [0.1, 0.15) is 27.6 Å². The molecule has 0 aliphatic rings. The predicted octanol–water partition coefficient (Wildman–Crippen LogP) is 9.12. The van der Waals surface area contributed by atoms with Gasteiger partial charge in [-0.25, -0.2) is 87.8 Å². The summed E-state index contributed by atoms with van der Waals surface area (Å²) in [5, 5.41) is 0. The Morgan fingerprint density at radius 2 is 0.682 bits per heavy atom. The lowest BCUT2D eigenvalue weighted by molar-refractivity contribution is -0.652. The van der Waals surface area contributed by atoms with Gasteiger partial charge in [0.25, 0.3) is 0 Å². The number of nitrogens with zero attached hydrogens (tertiary/aromatic N) is 1. The Hall–Kier alpha value is -6.79. The van der Waals surface area contributed by atoms with E-state index in [2.05, 4.69) is 0 Å². The molecule has 25 heteroatoms. The molecule has 66 heavy (non-hydrogen) atoms. The van der Waals surface area contributed by atoms with Gasteiger partial charge >= 0.3 is 0 Å². The Balaban J connectivity index is 0.000000284. The van der Waals surface area contributed by atoms with E-state index < -0.39 is 144 Å². The van der Waals surface area contributed by atoms with E-state index in [1.54, 1.807) is 35.6 Å². The Bertz CT molecular complexity index is 2810. The number of benzene rings is 6. The first kappa shape index (κ1) is 48.7. The minimum Gasteiger partial charge on any atom is -0.294 e. The number of carbonyl (C=O) groups excluding carboxylic acids is 2. The smallest absolute Gasteiger partial charge is 0.228 e. The molecule has 0 aliphatic heterocycles. The lowest BCUT2D eigenvalue weighted by Crippen LogP contribution is -2.81. The number of para-hydroxylation sites is 1. The van der Waals surface area contributed by atoms with Crippen LogP contribution in [-0.4, -0.2) is 17.7 Å². The summed E-state index contributed by atoms with van der Waals surface area (Å²) in [6.45, 7) is 1.73. The molecule has 0 unspecified atom stereocenters. The van der Waals surface area contributed by atoms with E-state index in [0.29, 0.717) is 11.1 Å². The van der Waals surface area contributed by atoms with Gasteiger partial charge in [0.15, 0.2) is 75.6 Å². The van der Waals surface area contributed by atoms with Crippen LogP contribution in [0.4, 0.5) is 87.8 Å². The molecule has 1 heterocycles. The van der Waals surface area contributed by atoms with Crippen LogP contribution in [0.25, 0.3) is 10.2 Å². The van der Waals surface area contributed by atoms with Gasteiger partial charge in [0.1, 0.15) is 57.4 Å². The lowest BCUT2D eigenvalue weighted by atomic mass is 9.12. The normalized spacial score (nSPS) is 11.6. The molecule has 0 saturated heterocycles. The van der Waals surface area contributed by atoms with Gasteiger partial charge in [-0.05, 0) is 13.0 Å². The third-order valence-corrected chi connectivity index (χ3v) is 11.1. The number of ketones is 2. The van der Waals surface area contributed by atoms with E-state index in [1.807, 2.05) is 34.3 Å². The van der Waals surface area contributed by atoms with Gasteiger partial charge in [-0.15, -0.1) is 21.9 Å². The highest BCUT2D eigenvalue weighted by atomic mass is 32.1. The van der Waals surface area contributed by atoms with Crippen LogP contribution in [-0.2, 0) is 6.54 Å². The van der Waals surface area contributed by atoms with Gasteiger partial charge in [-0.1, -0.05) is 47.7 Å². The summed E-state index contributed by atoms with van der Waals surface area (Å²) in [5.41, 5.74) is -10.4. The molecule has 3 nitrogen and oxygen atoms in total. The van der Waals surface area contributed by atoms with Crippen LogP contribution in [0.2, 0.25) is 0 Å². The van der Waals surface area contributed by atoms with Crippen molar-refractivity contribution in [3.63, 3.8) is 0 Å². The minimum absolute atomic E-state index is 0.0469. The molecule has 0 fully saturated rings. The molecule has 344 valence electrons. The molecule has 7 aromatic rings. The monoisotopic (exact) mass is 975 g/mol. The molecular weight excluding hydrogens is 961 g/mol. The standard InChI is InChI=1S/C24BF20.C17H14NO2S/c26-5-1(6(27)14(35)21(42)13(5)34)25(2-7(28)15(36)22(43)16(37)8(2)29,3-9(30)17(38)23(44)18(39)10(3)31)4-11(32)19(40)24(45)20(41)12(4)33;1-12(19)13-6-2-3-7-14(13)16(20)10-18-11-21-17-9-5-4-8-15(17)18/h;2-9,11H,10H2,1H3/q-1;+1. The number of rotatable bonds is 8. The topological polar surface area (TPSA) is 38.0 Å². The summed E-state index contributed by atoms with van der Waals surface area (Å²) >= 11 is 1.61. The van der Waals surface area contributed by atoms with Crippen molar-refractivity contribution in [2.24, 2.45) is 0 Å². The number of aromatic nitrogens is 1. The molecule has 0 saturated carbocycles. The van der Waals surface area contributed by atoms with Crippen molar-refractivity contribution >= 4 is 61.1 Å². The zero-order valence-electron chi connectivity index (χ0n) is 31.7. The molecule has 0 radical (unpaired) electrons. The lowest BCUT2D eigenvalue weighted by Gasteiger charge is -2.44. The van der Waals surface area contributed by atoms with Crippen LogP contribution in [0.3, 0.4) is 0 Å². The summed E-state index contributed by atoms with van der Waals surface area (Å²) in [6, 6.07) is 15.0. The van der Waals surface area contributed by atoms with Crippen molar-refractivity contribution in [3.05, 3.63) is 182 Å². The second-order valence-electron chi connectivity index (χ2n) is 13.6. The second kappa shape index (κ2) is 17.9. The Kier molecular flexibility index (Phi) is 13.2. The van der Waals surface area contributed by atoms with Crippen molar-refractivity contribution in [1.82, 2.24) is 0 Å². The molecule has 0 bridgehead atoms. The van der Waals surface area contributed by atoms with E-state index in [9.17, 15) is 62.3 Å². The summed E-state index contributed by atoms with van der Waals surface area (Å²) in [6.07, 6.45) is -7.22. The van der Waals surface area contributed by atoms with Crippen LogP contribution >= 0.6 is 11.3 Å². The Morgan fingerprint density at radius 3 is 1.00 bits per heavy atom. The van der Waals surface area contributed by atoms with E-state index in [-0.39, 0.29) is 18.1 Å². The highest BCUT2D eigenvalue weighted by molar-refractivity contribution is 7.20. The predicted molar refractivity (Wildman–Crippen MR) is 192 cm³/mol. The van der Waals surface area contributed by atoms with Crippen LogP contribution in [0.15, 0.2) is 54.0 Å². The SMILES string of the molecule is CC(=O)c1ccccc1C(=O)C[n+]1csc2ccccc21.Fc1c(F)c(F)c([B-](c2c(F)c(F)c(F)c(F)c2F)(c2c(F)c(F)c(F)c(F)c2F)c2c(F)c(F)c(F)c(F)c2F)c(F)c1F. The van der Waals surface area contributed by atoms with Crippen LogP contribution in [0, 0.1) is 116 Å². The molecule has 0 spiro atoms. The Labute approximate surface area is 357 Å². The number of hydrogen-bond acceptors (Lipinski definition) is 3. The summed E-state index contributed by atoms with van der Waals surface area (Å²) < 4.78 is 297. The largest absolute Gasteiger partial charge is 0.294 e. The van der Waals surface area contributed by atoms with Crippen molar-refractivity contribution in [2.45, 2.75) is 13.5 Å². The fourth-order valence-corrected chi connectivity index (χ4v) is 8.13. The molecular formula is C41H14BF20NO2S. The Morgan fingerprint density at radius 1 is 0.409 bits per heavy atom. The van der Waals surface area contributed by atoms with Gasteiger partial charge in [-0.2, -0.15) is 4.57 Å². The number of thiazole rings is 1. The first-order valence-corrected chi connectivity index (χ1v) is 18.5. The van der Waals surface area contributed by atoms with Gasteiger partial charge < -0.3 is 0 Å². The van der Waals surface area contributed by atoms with Crippen molar-refractivity contribution < 1.29 is 102 Å². The van der Waals surface area contributed by atoms with Gasteiger partial charge in [0.2, 0.25) is 23.4 Å². The van der Waals surface area contributed by atoms with Gasteiger partial charge in [0.05, 0.1) is 0 Å². The maximum Gasteiger partial charge on any atom is 0.228 e. The molecule has 0 aliphatic carbocycles. The highest BCUT2D eigenvalue weighted by Gasteiger charge is 2.52. The number of hydrogen-bond donors (Lipinski definition) is 0. The van der Waals surface area contributed by atoms with Gasteiger partial charge in [0, 0.05) is 17.2 Å². The molecule has 0 N–H and O–H groups in total. The quantitative estimate of drug-likeness (QED) is 0.0381. The zero-order valence-corrected chi connectivity index (χ0v) is 32.5. The fourth-order valence-electron chi connectivity index (χ4n) is 7.24. The van der Waals surface area contributed by atoms with Crippen LogP contribution in [0.5, 0.6) is 0 Å². The average Bonchev–Trinajstić information content (AvgIpc) is 3.71. The zero-order chi connectivity index (χ0) is 49.2. The third kappa shape index (κ3) is 7.41. The molecule has 1 aromatic heterocycles. The summed E-state index contributed by atoms with van der Waals surface area (Å²) in [7, 11) is 0. The second-order valence-corrected chi connectivity index (χ2v) is 14.5. The highest BCUT2D eigenvalue weighted by Crippen LogP contribution is 2.31. The van der Waals surface area contributed by atoms with E-state index in [0.717, 1.165) is 10.2 Å². The van der Waals surface area contributed by atoms with Crippen molar-refractivity contribution in [3.8, 4) is 0 Å². The van der Waals surface area contributed by atoms with Gasteiger partial charge in [-0.3, -0.25) is 9.59 Å². The number of fused-ring (bicyclic) bond motifs is 1. The van der Waals surface area contributed by atoms with Crippen molar-refractivity contribution in [2.75, 3.05) is 0 Å². The minimum atomic E-state index is -7.22. The third-order valence-electron chi connectivity index (χ3n) is 10.1. The average molecular weight is 975 g/mol. The summed E-state index contributed by atoms with van der Waals surface area (Å²) in [4.78, 5) is 24.1. The molecule has 0 amide bonds. The van der Waals surface area contributed by atoms with E-state index in [4.69, 9.17) is 0 Å². The summed E-state index contributed by atoms with van der Waals surface area (Å²) in [5.74, 6) is -71.5. The van der Waals surface area contributed by atoms with E-state index in [1.165, 1.54) is 6.92 Å². The molecule has 0 atom stereocenters.